The van der Waals surface area contributed by atoms with Crippen LogP contribution in [0.4, 0.5) is 0 Å². The number of nitrogens with zero attached hydrogens (tertiary/aromatic N) is 2. The number of hydrogen-bond donors (Lipinski definition) is 2. The molecule has 0 bridgehead atoms. The van der Waals surface area contributed by atoms with Crippen molar-refractivity contribution in [1.29, 1.82) is 0 Å². The van der Waals surface area contributed by atoms with E-state index in [2.05, 4.69) is 0 Å². The summed E-state index contributed by atoms with van der Waals surface area (Å²) >= 11 is 6.15. The topological polar surface area (TPSA) is 73.2 Å². The quantitative estimate of drug-likeness (QED) is 0.856. The molecule has 130 valence electrons. The molecule has 0 unspecified atom stereocenters. The molecule has 2 N–H and O–H groups in total. The van der Waals surface area contributed by atoms with Gasteiger partial charge in [0, 0.05) is 18.1 Å². The number of carbonyl (C=O) groups excluding carboxylic acids is 1. The highest BCUT2D eigenvalue weighted by Crippen LogP contribution is 2.45. The first-order valence-electron chi connectivity index (χ1n) is 7.85. The van der Waals surface area contributed by atoms with Gasteiger partial charge in [-0.05, 0) is 55.5 Å². The summed E-state index contributed by atoms with van der Waals surface area (Å²) in [5.41, 5.74) is 1.62. The summed E-state index contributed by atoms with van der Waals surface area (Å²) in [5, 5.41) is 23.6. The Morgan fingerprint density at radius 1 is 1.21 bits per heavy atom. The minimum Gasteiger partial charge on any atom is -0.509 e. The van der Waals surface area contributed by atoms with Gasteiger partial charge < -0.3 is 10.3 Å². The third-order valence-electron chi connectivity index (χ3n) is 4.99. The van der Waals surface area contributed by atoms with Crippen LogP contribution in [0, 0.1) is 13.8 Å². The average molecular weight is 353 g/mol. The van der Waals surface area contributed by atoms with Crippen LogP contribution in [-0.4, -0.2) is 52.1 Å². The molecule has 0 radical (unpaired) electrons. The van der Waals surface area contributed by atoms with E-state index in [4.69, 9.17) is 16.4 Å². The summed E-state index contributed by atoms with van der Waals surface area (Å²) in [6.07, 6.45) is 0.786. The number of halogens is 1. The summed E-state index contributed by atoms with van der Waals surface area (Å²) in [6, 6.07) is 3.60. The Labute approximate surface area is 145 Å². The molecule has 0 aromatic heterocycles. The van der Waals surface area contributed by atoms with Gasteiger partial charge in [-0.15, -0.1) is 0 Å². The van der Waals surface area contributed by atoms with E-state index in [0.29, 0.717) is 36.5 Å². The minimum atomic E-state index is -0.930. The fraction of sp³-hybridized carbons (Fsp3) is 0.471. The van der Waals surface area contributed by atoms with E-state index >= 15 is 0 Å². The van der Waals surface area contributed by atoms with Gasteiger partial charge in [-0.2, -0.15) is 5.06 Å². The molecule has 1 fully saturated rings. The Hall–Kier alpha value is -1.60. The Morgan fingerprint density at radius 2 is 1.83 bits per heavy atom. The second-order valence-electron chi connectivity index (χ2n) is 6.41. The van der Waals surface area contributed by atoms with E-state index in [1.807, 2.05) is 19.9 Å². The van der Waals surface area contributed by atoms with E-state index in [1.54, 1.807) is 6.07 Å². The molecule has 3 rings (SSSR count). The number of piperidine rings is 1. The van der Waals surface area contributed by atoms with Crippen LogP contribution in [0.3, 0.4) is 0 Å². The maximum Gasteiger partial charge on any atom is 0.282 e. The normalized spacial score (nSPS) is 21.2. The van der Waals surface area contributed by atoms with Crippen LogP contribution in [-0.2, 0) is 9.63 Å². The summed E-state index contributed by atoms with van der Waals surface area (Å²) < 4.78 is 0. The first kappa shape index (κ1) is 17.2. The predicted octanol–water partition coefficient (Wildman–Crippen LogP) is 2.85. The molecule has 24 heavy (non-hydrogen) atoms. The van der Waals surface area contributed by atoms with E-state index in [-0.39, 0.29) is 17.2 Å². The van der Waals surface area contributed by atoms with Crippen LogP contribution in [0.15, 0.2) is 17.9 Å². The molecule has 2 aliphatic rings. The van der Waals surface area contributed by atoms with E-state index in [1.165, 1.54) is 17.2 Å². The highest BCUT2D eigenvalue weighted by Gasteiger charge is 2.54. The summed E-state index contributed by atoms with van der Waals surface area (Å²) in [5.74, 6) is -0.363. The Kier molecular flexibility index (Phi) is 4.34. The van der Waals surface area contributed by atoms with Gasteiger partial charge in [-0.1, -0.05) is 11.6 Å². The lowest BCUT2D eigenvalue weighted by molar-refractivity contribution is -0.215. The molecule has 1 saturated heterocycles. The summed E-state index contributed by atoms with van der Waals surface area (Å²) in [4.78, 5) is 18.2. The van der Waals surface area contributed by atoms with Crippen LogP contribution in [0.25, 0.3) is 5.57 Å². The molecule has 2 aliphatic heterocycles. The molecule has 7 heteroatoms. The van der Waals surface area contributed by atoms with Gasteiger partial charge in [0.25, 0.3) is 5.91 Å². The van der Waals surface area contributed by atoms with Gasteiger partial charge >= 0.3 is 0 Å². The standard InChI is InChI=1S/C17H21ClN2O4/c1-10-9-13(18)11(2)8-12(10)14-15(21)17(20(24-3)16(14)22)4-6-19(23)7-5-17/h8-9,21,23H,4-7H2,1-3H3. The monoisotopic (exact) mass is 352 g/mol. The molecule has 6 nitrogen and oxygen atoms in total. The molecule has 0 saturated carbocycles. The molecule has 0 atom stereocenters. The van der Waals surface area contributed by atoms with Crippen molar-refractivity contribution in [2.75, 3.05) is 20.2 Å². The molecular weight excluding hydrogens is 332 g/mol. The molecule has 1 aromatic rings. The number of aliphatic hydroxyl groups is 1. The van der Waals surface area contributed by atoms with Crippen LogP contribution < -0.4 is 0 Å². The first-order valence-corrected chi connectivity index (χ1v) is 8.23. The van der Waals surface area contributed by atoms with E-state index < -0.39 is 5.54 Å². The van der Waals surface area contributed by atoms with Crippen molar-refractivity contribution in [3.63, 3.8) is 0 Å². The smallest absolute Gasteiger partial charge is 0.282 e. The molecular formula is C17H21ClN2O4. The van der Waals surface area contributed by atoms with Gasteiger partial charge in [0.05, 0.1) is 12.7 Å². The lowest BCUT2D eigenvalue weighted by Crippen LogP contribution is -2.54. The maximum absolute atomic E-state index is 12.9. The summed E-state index contributed by atoms with van der Waals surface area (Å²) in [7, 11) is 1.42. The lowest BCUT2D eigenvalue weighted by Gasteiger charge is -2.41. The fourth-order valence-corrected chi connectivity index (χ4v) is 3.80. The third-order valence-corrected chi connectivity index (χ3v) is 5.40. The van der Waals surface area contributed by atoms with Gasteiger partial charge in [0.2, 0.25) is 0 Å². The first-order chi connectivity index (χ1) is 11.3. The van der Waals surface area contributed by atoms with Crippen molar-refractivity contribution in [1.82, 2.24) is 10.1 Å². The lowest BCUT2D eigenvalue weighted by atomic mass is 9.85. The largest absolute Gasteiger partial charge is 0.509 e. The Bertz CT molecular complexity index is 724. The third kappa shape index (κ3) is 2.41. The zero-order chi connectivity index (χ0) is 17.6. The SMILES string of the molecule is CON1C(=O)C(c2cc(C)c(Cl)cc2C)=C(O)C12CCN(O)CC2. The van der Waals surface area contributed by atoms with Crippen LogP contribution in [0.1, 0.15) is 29.5 Å². The Morgan fingerprint density at radius 3 is 2.42 bits per heavy atom. The zero-order valence-electron chi connectivity index (χ0n) is 14.0. The summed E-state index contributed by atoms with van der Waals surface area (Å²) in [6.45, 7) is 4.41. The van der Waals surface area contributed by atoms with Gasteiger partial charge in [0.1, 0.15) is 11.3 Å². The van der Waals surface area contributed by atoms with Gasteiger partial charge in [-0.3, -0.25) is 9.63 Å². The van der Waals surface area contributed by atoms with Crippen LogP contribution >= 0.6 is 11.6 Å². The highest BCUT2D eigenvalue weighted by molar-refractivity contribution is 6.31. The Balaban J connectivity index is 2.15. The number of aryl methyl sites for hydroxylation is 2. The second-order valence-corrected chi connectivity index (χ2v) is 6.81. The van der Waals surface area contributed by atoms with Crippen molar-refractivity contribution in [2.45, 2.75) is 32.2 Å². The van der Waals surface area contributed by atoms with Crippen molar-refractivity contribution in [2.24, 2.45) is 0 Å². The molecule has 0 aliphatic carbocycles. The number of benzene rings is 1. The average Bonchev–Trinajstić information content (AvgIpc) is 2.74. The fourth-order valence-electron chi connectivity index (χ4n) is 3.58. The molecule has 1 aromatic carbocycles. The highest BCUT2D eigenvalue weighted by atomic mass is 35.5. The minimum absolute atomic E-state index is 0.00673. The maximum atomic E-state index is 12.9. The van der Waals surface area contributed by atoms with Crippen molar-refractivity contribution >= 4 is 23.1 Å². The van der Waals surface area contributed by atoms with E-state index in [0.717, 1.165) is 11.1 Å². The zero-order valence-corrected chi connectivity index (χ0v) is 14.7. The number of rotatable bonds is 2. The second kappa shape index (κ2) is 6.04. The molecule has 1 amide bonds. The van der Waals surface area contributed by atoms with Crippen LogP contribution in [0.2, 0.25) is 5.02 Å². The number of amides is 1. The molecule has 2 heterocycles. The van der Waals surface area contributed by atoms with Crippen molar-refractivity contribution in [3.05, 3.63) is 39.6 Å². The van der Waals surface area contributed by atoms with Gasteiger partial charge in [-0.25, -0.2) is 5.06 Å². The number of hydroxylamine groups is 4. The van der Waals surface area contributed by atoms with Crippen molar-refractivity contribution in [3.8, 4) is 0 Å². The number of carbonyl (C=O) groups is 1. The van der Waals surface area contributed by atoms with Gasteiger partial charge in [0.15, 0.2) is 0 Å². The van der Waals surface area contributed by atoms with E-state index in [9.17, 15) is 15.1 Å². The van der Waals surface area contributed by atoms with Crippen LogP contribution in [0.5, 0.6) is 0 Å². The predicted molar refractivity (Wildman–Crippen MR) is 89.7 cm³/mol. The van der Waals surface area contributed by atoms with Crippen molar-refractivity contribution < 1.29 is 19.9 Å². The number of hydrogen-bond acceptors (Lipinski definition) is 5. The number of aliphatic hydroxyl groups excluding tert-OH is 1. The molecule has 1 spiro atoms.